The average molecular weight is 320 g/mol. The monoisotopic (exact) mass is 319 g/mol. The Hall–Kier alpha value is -2.47. The molecule has 0 atom stereocenters. The smallest absolute Gasteiger partial charge is 0.258 e. The first kappa shape index (κ1) is 14.5. The largest absolute Gasteiger partial charge is 0.443 e. The third kappa shape index (κ3) is 2.42. The van der Waals surface area contributed by atoms with Gasteiger partial charge in [0.25, 0.3) is 5.91 Å². The van der Waals surface area contributed by atoms with E-state index in [0.29, 0.717) is 22.7 Å². The molecule has 0 fully saturated rings. The van der Waals surface area contributed by atoms with E-state index in [9.17, 15) is 9.18 Å². The van der Waals surface area contributed by atoms with Crippen molar-refractivity contribution in [2.75, 3.05) is 5.32 Å². The van der Waals surface area contributed by atoms with Crippen molar-refractivity contribution in [1.29, 1.82) is 0 Å². The van der Waals surface area contributed by atoms with Gasteiger partial charge in [-0.15, -0.1) is 0 Å². The van der Waals surface area contributed by atoms with E-state index in [-0.39, 0.29) is 10.6 Å². The van der Waals surface area contributed by atoms with Gasteiger partial charge >= 0.3 is 0 Å². The molecule has 0 aliphatic heterocycles. The second-order valence-corrected chi connectivity index (χ2v) is 5.17. The number of hydrogen-bond donors (Lipinski definition) is 1. The Morgan fingerprint density at radius 1 is 1.32 bits per heavy atom. The molecule has 0 saturated heterocycles. The first-order valence-electron chi connectivity index (χ1n) is 6.44. The molecule has 22 heavy (non-hydrogen) atoms. The highest BCUT2D eigenvalue weighted by Gasteiger charge is 2.17. The van der Waals surface area contributed by atoms with Crippen molar-refractivity contribution >= 4 is 34.4 Å². The Morgan fingerprint density at radius 2 is 2.09 bits per heavy atom. The third-order valence-electron chi connectivity index (χ3n) is 3.37. The molecule has 0 radical (unpaired) electrons. The number of halogens is 2. The second-order valence-electron chi connectivity index (χ2n) is 4.76. The number of amides is 1. The molecule has 0 bridgehead atoms. The van der Waals surface area contributed by atoms with Gasteiger partial charge in [-0.1, -0.05) is 11.6 Å². The molecule has 0 aliphatic rings. The minimum absolute atomic E-state index is 0.0305. The fourth-order valence-electron chi connectivity index (χ4n) is 2.13. The number of hydrogen-bond acceptors (Lipinski definition) is 4. The van der Waals surface area contributed by atoms with E-state index in [4.69, 9.17) is 16.0 Å². The van der Waals surface area contributed by atoms with Gasteiger partial charge in [0.2, 0.25) is 5.71 Å². The van der Waals surface area contributed by atoms with E-state index in [1.165, 1.54) is 18.5 Å². The van der Waals surface area contributed by atoms with Crippen LogP contribution in [-0.2, 0) is 0 Å². The van der Waals surface area contributed by atoms with Crippen molar-refractivity contribution in [2.45, 2.75) is 13.8 Å². The first-order chi connectivity index (χ1) is 10.5. The van der Waals surface area contributed by atoms with Crippen LogP contribution < -0.4 is 5.32 Å². The van der Waals surface area contributed by atoms with Gasteiger partial charge in [-0.25, -0.2) is 14.4 Å². The molecule has 7 heteroatoms. The van der Waals surface area contributed by atoms with Crippen molar-refractivity contribution in [3.63, 3.8) is 0 Å². The zero-order chi connectivity index (χ0) is 15.9. The summed E-state index contributed by atoms with van der Waals surface area (Å²) in [5, 5.41) is 3.32. The third-order valence-corrected chi connectivity index (χ3v) is 3.69. The van der Waals surface area contributed by atoms with Gasteiger partial charge < -0.3 is 9.73 Å². The molecule has 5 nitrogen and oxygen atoms in total. The molecule has 1 aromatic carbocycles. The summed E-state index contributed by atoms with van der Waals surface area (Å²) in [7, 11) is 0. The molecular weight excluding hydrogens is 309 g/mol. The molecule has 0 saturated carbocycles. The van der Waals surface area contributed by atoms with Gasteiger partial charge in [0.1, 0.15) is 23.7 Å². The molecule has 0 unspecified atom stereocenters. The lowest BCUT2D eigenvalue weighted by Crippen LogP contribution is -2.14. The summed E-state index contributed by atoms with van der Waals surface area (Å²) in [6.07, 6.45) is 1.30. The average Bonchev–Trinajstić information content (AvgIpc) is 2.75. The lowest BCUT2D eigenvalue weighted by atomic mass is 10.2. The molecule has 1 amide bonds. The lowest BCUT2D eigenvalue weighted by Gasteiger charge is -2.07. The van der Waals surface area contributed by atoms with Crippen LogP contribution in [0.4, 0.5) is 10.2 Å². The number of anilines is 1. The van der Waals surface area contributed by atoms with E-state index in [0.717, 1.165) is 11.6 Å². The van der Waals surface area contributed by atoms with Gasteiger partial charge in [0, 0.05) is 5.56 Å². The topological polar surface area (TPSA) is 68.0 Å². The summed E-state index contributed by atoms with van der Waals surface area (Å²) >= 11 is 5.89. The van der Waals surface area contributed by atoms with Crippen LogP contribution in [0.5, 0.6) is 0 Å². The van der Waals surface area contributed by atoms with Gasteiger partial charge in [0.15, 0.2) is 0 Å². The van der Waals surface area contributed by atoms with E-state index < -0.39 is 11.7 Å². The zero-order valence-corrected chi connectivity index (χ0v) is 12.5. The number of furan rings is 1. The Morgan fingerprint density at radius 3 is 2.82 bits per heavy atom. The Kier molecular flexibility index (Phi) is 3.54. The minimum atomic E-state index is -0.507. The fraction of sp³-hybridized carbons (Fsp3) is 0.133. The Labute approximate surface area is 130 Å². The highest BCUT2D eigenvalue weighted by Crippen LogP contribution is 2.28. The molecule has 3 aromatic rings. The van der Waals surface area contributed by atoms with Crippen molar-refractivity contribution in [1.82, 2.24) is 9.97 Å². The van der Waals surface area contributed by atoms with Crippen molar-refractivity contribution in [2.24, 2.45) is 0 Å². The van der Waals surface area contributed by atoms with Crippen molar-refractivity contribution in [3.05, 3.63) is 52.3 Å². The molecule has 2 aromatic heterocycles. The zero-order valence-electron chi connectivity index (χ0n) is 11.8. The number of benzene rings is 1. The van der Waals surface area contributed by atoms with Crippen LogP contribution in [-0.4, -0.2) is 15.9 Å². The SMILES string of the molecule is Cc1oc2ncnc(NC(=O)c3ccc(F)cc3Cl)c2c1C. The standard InChI is InChI=1S/C15H11ClFN3O2/c1-7-8(2)22-15-12(7)13(18-6-19-15)20-14(21)10-4-3-9(17)5-11(10)16/h3-6H,1-2H3,(H,18,19,20,21). The van der Waals surface area contributed by atoms with Gasteiger partial charge in [-0.2, -0.15) is 0 Å². The highest BCUT2D eigenvalue weighted by molar-refractivity contribution is 6.34. The molecule has 0 aliphatic carbocycles. The highest BCUT2D eigenvalue weighted by atomic mass is 35.5. The predicted molar refractivity (Wildman–Crippen MR) is 80.6 cm³/mol. The summed E-state index contributed by atoms with van der Waals surface area (Å²) in [4.78, 5) is 20.4. The van der Waals surface area contributed by atoms with Crippen LogP contribution in [0.2, 0.25) is 5.02 Å². The molecule has 112 valence electrons. The maximum Gasteiger partial charge on any atom is 0.258 e. The summed E-state index contributed by atoms with van der Waals surface area (Å²) in [6.45, 7) is 3.66. The second kappa shape index (κ2) is 5.38. The number of fused-ring (bicyclic) bond motifs is 1. The lowest BCUT2D eigenvalue weighted by molar-refractivity contribution is 0.102. The van der Waals surface area contributed by atoms with E-state index in [1.807, 2.05) is 6.92 Å². The fourth-order valence-corrected chi connectivity index (χ4v) is 2.38. The number of nitrogens with zero attached hydrogens (tertiary/aromatic N) is 2. The number of aromatic nitrogens is 2. The van der Waals surface area contributed by atoms with Crippen LogP contribution in [0.25, 0.3) is 11.1 Å². The van der Waals surface area contributed by atoms with E-state index in [1.54, 1.807) is 6.92 Å². The van der Waals surface area contributed by atoms with Crippen molar-refractivity contribution in [3.8, 4) is 0 Å². The Balaban J connectivity index is 2.01. The molecule has 2 heterocycles. The van der Waals surface area contributed by atoms with Gasteiger partial charge in [0.05, 0.1) is 16.0 Å². The molecule has 3 rings (SSSR count). The number of carbonyl (C=O) groups excluding carboxylic acids is 1. The number of aryl methyl sites for hydroxylation is 2. The predicted octanol–water partition coefficient (Wildman–Crippen LogP) is 3.88. The molecular formula is C15H11ClFN3O2. The number of nitrogens with one attached hydrogen (secondary N) is 1. The number of carbonyl (C=O) groups is 1. The quantitative estimate of drug-likeness (QED) is 0.778. The van der Waals surface area contributed by atoms with E-state index >= 15 is 0 Å². The maximum atomic E-state index is 13.1. The Bertz CT molecular complexity index is 892. The van der Waals surface area contributed by atoms with Crippen LogP contribution in [0.1, 0.15) is 21.7 Å². The van der Waals surface area contributed by atoms with Crippen LogP contribution >= 0.6 is 11.6 Å². The van der Waals surface area contributed by atoms with E-state index in [2.05, 4.69) is 15.3 Å². The van der Waals surface area contributed by atoms with Crippen LogP contribution in [0, 0.1) is 19.7 Å². The summed E-state index contributed by atoms with van der Waals surface area (Å²) < 4.78 is 18.5. The summed E-state index contributed by atoms with van der Waals surface area (Å²) in [6, 6.07) is 3.57. The summed E-state index contributed by atoms with van der Waals surface area (Å²) in [5.41, 5.74) is 1.40. The molecule has 0 spiro atoms. The number of rotatable bonds is 2. The summed E-state index contributed by atoms with van der Waals surface area (Å²) in [5.74, 6) is 0.0334. The first-order valence-corrected chi connectivity index (χ1v) is 6.82. The van der Waals surface area contributed by atoms with Crippen molar-refractivity contribution < 1.29 is 13.6 Å². The maximum absolute atomic E-state index is 13.1. The normalized spacial score (nSPS) is 10.9. The molecule has 1 N–H and O–H groups in total. The van der Waals surface area contributed by atoms with Crippen LogP contribution in [0.3, 0.4) is 0 Å². The van der Waals surface area contributed by atoms with Crippen LogP contribution in [0.15, 0.2) is 28.9 Å². The minimum Gasteiger partial charge on any atom is -0.443 e. The van der Waals surface area contributed by atoms with Gasteiger partial charge in [-0.05, 0) is 32.0 Å². The van der Waals surface area contributed by atoms with Gasteiger partial charge in [-0.3, -0.25) is 4.79 Å².